The van der Waals surface area contributed by atoms with Crippen LogP contribution in [0.3, 0.4) is 0 Å². The minimum Gasteiger partial charge on any atom is -0.453 e. The number of fused-ring (bicyclic) bond motifs is 2. The first-order valence-corrected chi connectivity index (χ1v) is 9.48. The van der Waals surface area contributed by atoms with Crippen LogP contribution in [0.2, 0.25) is 0 Å². The smallest absolute Gasteiger partial charge is 0.355 e. The van der Waals surface area contributed by atoms with Crippen LogP contribution in [0.15, 0.2) is 54.3 Å². The van der Waals surface area contributed by atoms with Crippen molar-refractivity contribution in [2.24, 2.45) is 0 Å². The highest BCUT2D eigenvalue weighted by Crippen LogP contribution is 2.44. The molecule has 0 aliphatic carbocycles. The Kier molecular flexibility index (Phi) is 4.32. The predicted octanol–water partition coefficient (Wildman–Crippen LogP) is 1.38. The average Bonchev–Trinajstić information content (AvgIpc) is 2.95. The Morgan fingerprint density at radius 3 is 2.85 bits per heavy atom. The number of hydrogen-bond acceptors (Lipinski definition) is 5. The summed E-state index contributed by atoms with van der Waals surface area (Å²) in [6.07, 6.45) is 2.13. The number of carbonyl (C=O) groups is 3. The molecule has 0 saturated carbocycles. The Bertz CT molecular complexity index is 820. The van der Waals surface area contributed by atoms with Gasteiger partial charge in [-0.25, -0.2) is 4.79 Å². The fraction of sp³-hybridized carbons (Fsp3) is 0.316. The van der Waals surface area contributed by atoms with Gasteiger partial charge in [-0.3, -0.25) is 14.5 Å². The molecule has 2 amide bonds. The standard InChI is InChI=1S/C19H18N2O4S/c1-2-6-13-12-10-26-18-15(17(23)21(18)16(12)19(24)25-13)20-14(22)9-11-7-4-3-5-8-11/h2-5,7-8,13,15,18H,1,6,9-10H2,(H,20,22)/t13?,15-,18-/m1/s1. The van der Waals surface area contributed by atoms with Crippen LogP contribution in [0.4, 0.5) is 0 Å². The van der Waals surface area contributed by atoms with Crippen molar-refractivity contribution in [3.63, 3.8) is 0 Å². The SMILES string of the molecule is C=CCC1OC(=O)C2=C1CS[C@@H]1[C@H](NC(=O)Cc3ccccc3)C(=O)N21. The largest absolute Gasteiger partial charge is 0.453 e. The zero-order valence-electron chi connectivity index (χ0n) is 14.0. The number of amides is 2. The molecule has 26 heavy (non-hydrogen) atoms. The molecule has 3 aliphatic heterocycles. The molecule has 1 aromatic carbocycles. The lowest BCUT2D eigenvalue weighted by atomic mass is 10.0. The topological polar surface area (TPSA) is 75.7 Å². The van der Waals surface area contributed by atoms with Gasteiger partial charge in [0.05, 0.1) is 6.42 Å². The third kappa shape index (κ3) is 2.72. The lowest BCUT2D eigenvalue weighted by molar-refractivity contribution is -0.151. The summed E-state index contributed by atoms with van der Waals surface area (Å²) >= 11 is 1.55. The molecule has 3 aliphatic rings. The van der Waals surface area contributed by atoms with Crippen molar-refractivity contribution in [3.05, 3.63) is 59.8 Å². The molecule has 7 heteroatoms. The second-order valence-corrected chi connectivity index (χ2v) is 7.51. The van der Waals surface area contributed by atoms with Gasteiger partial charge in [0.25, 0.3) is 5.91 Å². The Labute approximate surface area is 155 Å². The summed E-state index contributed by atoms with van der Waals surface area (Å²) in [5.41, 5.74) is 2.10. The monoisotopic (exact) mass is 370 g/mol. The summed E-state index contributed by atoms with van der Waals surface area (Å²) in [5.74, 6) is -0.306. The zero-order chi connectivity index (χ0) is 18.3. The van der Waals surface area contributed by atoms with Crippen LogP contribution in [0, 0.1) is 0 Å². The molecule has 1 fully saturated rings. The molecule has 0 aromatic heterocycles. The minimum absolute atomic E-state index is 0.201. The van der Waals surface area contributed by atoms with E-state index in [2.05, 4.69) is 11.9 Å². The molecule has 4 rings (SSSR count). The van der Waals surface area contributed by atoms with Gasteiger partial charge in [0.1, 0.15) is 23.2 Å². The molecule has 1 saturated heterocycles. The molecular weight excluding hydrogens is 352 g/mol. The highest BCUT2D eigenvalue weighted by Gasteiger charge is 2.56. The van der Waals surface area contributed by atoms with Crippen LogP contribution < -0.4 is 5.32 Å². The number of hydrogen-bond donors (Lipinski definition) is 1. The molecule has 0 bridgehead atoms. The summed E-state index contributed by atoms with van der Waals surface area (Å²) in [6.45, 7) is 3.68. The van der Waals surface area contributed by atoms with E-state index < -0.39 is 12.0 Å². The van der Waals surface area contributed by atoms with E-state index in [1.165, 1.54) is 4.90 Å². The second kappa shape index (κ2) is 6.64. The highest BCUT2D eigenvalue weighted by molar-refractivity contribution is 8.00. The van der Waals surface area contributed by atoms with Crippen LogP contribution in [-0.2, 0) is 25.5 Å². The van der Waals surface area contributed by atoms with Crippen LogP contribution >= 0.6 is 11.8 Å². The van der Waals surface area contributed by atoms with Crippen molar-refractivity contribution in [3.8, 4) is 0 Å². The summed E-state index contributed by atoms with van der Waals surface area (Å²) < 4.78 is 5.37. The number of esters is 1. The maximum absolute atomic E-state index is 12.6. The van der Waals surface area contributed by atoms with E-state index in [9.17, 15) is 14.4 Å². The molecule has 3 atom stereocenters. The number of carbonyl (C=O) groups excluding carboxylic acids is 3. The number of nitrogens with one attached hydrogen (secondary N) is 1. The number of ether oxygens (including phenoxy) is 1. The molecule has 1 N–H and O–H groups in total. The van der Waals surface area contributed by atoms with Gasteiger partial charge in [-0.2, -0.15) is 0 Å². The van der Waals surface area contributed by atoms with Gasteiger partial charge in [0, 0.05) is 17.7 Å². The number of cyclic esters (lactones) is 1. The van der Waals surface area contributed by atoms with E-state index in [4.69, 9.17) is 4.74 Å². The summed E-state index contributed by atoms with van der Waals surface area (Å²) in [4.78, 5) is 38.5. The lowest BCUT2D eigenvalue weighted by Crippen LogP contribution is -2.70. The maximum atomic E-state index is 12.6. The van der Waals surface area contributed by atoms with Crippen molar-refractivity contribution < 1.29 is 19.1 Å². The molecule has 134 valence electrons. The molecular formula is C19H18N2O4S. The van der Waals surface area contributed by atoms with Crippen molar-refractivity contribution in [1.29, 1.82) is 0 Å². The number of β-lactam (4-membered cyclic amide) rings is 1. The van der Waals surface area contributed by atoms with Gasteiger partial charge in [-0.15, -0.1) is 18.3 Å². The van der Waals surface area contributed by atoms with Gasteiger partial charge < -0.3 is 10.1 Å². The minimum atomic E-state index is -0.600. The molecule has 0 radical (unpaired) electrons. The highest BCUT2D eigenvalue weighted by atomic mass is 32.2. The van der Waals surface area contributed by atoms with Gasteiger partial charge in [-0.1, -0.05) is 36.4 Å². The van der Waals surface area contributed by atoms with Crippen LogP contribution in [0.25, 0.3) is 0 Å². The quantitative estimate of drug-likeness (QED) is 0.482. The molecule has 1 unspecified atom stereocenters. The number of benzene rings is 1. The van der Waals surface area contributed by atoms with E-state index in [0.717, 1.165) is 11.1 Å². The van der Waals surface area contributed by atoms with E-state index in [0.29, 0.717) is 17.9 Å². The maximum Gasteiger partial charge on any atom is 0.355 e. The first-order valence-electron chi connectivity index (χ1n) is 8.43. The number of rotatable bonds is 5. The number of thioether (sulfide) groups is 1. The predicted molar refractivity (Wildman–Crippen MR) is 96.9 cm³/mol. The van der Waals surface area contributed by atoms with Crippen LogP contribution in [0.1, 0.15) is 12.0 Å². The Balaban J connectivity index is 1.45. The first-order chi connectivity index (χ1) is 12.6. The third-order valence-electron chi connectivity index (χ3n) is 4.73. The van der Waals surface area contributed by atoms with Crippen LogP contribution in [-0.4, -0.2) is 46.0 Å². The Morgan fingerprint density at radius 1 is 1.35 bits per heavy atom. The van der Waals surface area contributed by atoms with Gasteiger partial charge in [-0.05, 0) is 5.56 Å². The summed E-state index contributed by atoms with van der Waals surface area (Å²) in [6, 6.07) is 8.77. The Hall–Kier alpha value is -2.54. The van der Waals surface area contributed by atoms with E-state index in [1.807, 2.05) is 30.3 Å². The summed E-state index contributed by atoms with van der Waals surface area (Å²) in [5, 5.41) is 2.55. The molecule has 6 nitrogen and oxygen atoms in total. The fourth-order valence-electron chi connectivity index (χ4n) is 3.48. The second-order valence-electron chi connectivity index (χ2n) is 6.41. The van der Waals surface area contributed by atoms with Crippen LogP contribution in [0.5, 0.6) is 0 Å². The average molecular weight is 370 g/mol. The molecule has 0 spiro atoms. The van der Waals surface area contributed by atoms with Gasteiger partial charge >= 0.3 is 5.97 Å². The number of nitrogens with zero attached hydrogens (tertiary/aromatic N) is 1. The first kappa shape index (κ1) is 16.9. The molecule has 1 aromatic rings. The van der Waals surface area contributed by atoms with E-state index in [-0.39, 0.29) is 29.7 Å². The summed E-state index contributed by atoms with van der Waals surface area (Å²) in [7, 11) is 0. The lowest BCUT2D eigenvalue weighted by Gasteiger charge is -2.48. The third-order valence-corrected chi connectivity index (χ3v) is 6.04. The van der Waals surface area contributed by atoms with E-state index in [1.54, 1.807) is 17.8 Å². The fourth-order valence-corrected chi connectivity index (χ4v) is 4.89. The van der Waals surface area contributed by atoms with Crippen molar-refractivity contribution in [2.75, 3.05) is 5.75 Å². The van der Waals surface area contributed by atoms with Crippen molar-refractivity contribution >= 4 is 29.5 Å². The van der Waals surface area contributed by atoms with Gasteiger partial charge in [0.2, 0.25) is 5.91 Å². The van der Waals surface area contributed by atoms with E-state index >= 15 is 0 Å². The molecule has 3 heterocycles. The van der Waals surface area contributed by atoms with Crippen molar-refractivity contribution in [1.82, 2.24) is 10.2 Å². The Morgan fingerprint density at radius 2 is 2.12 bits per heavy atom. The zero-order valence-corrected chi connectivity index (χ0v) is 14.8. The normalized spacial score (nSPS) is 26.6. The van der Waals surface area contributed by atoms with Crippen molar-refractivity contribution in [2.45, 2.75) is 30.4 Å². The van der Waals surface area contributed by atoms with Gasteiger partial charge in [0.15, 0.2) is 0 Å².